The van der Waals surface area contributed by atoms with Gasteiger partial charge in [-0.1, -0.05) is 0 Å². The fourth-order valence-electron chi connectivity index (χ4n) is 1.61. The molecule has 1 aromatic heterocycles. The van der Waals surface area contributed by atoms with E-state index in [1.54, 1.807) is 13.0 Å². The van der Waals surface area contributed by atoms with Gasteiger partial charge in [-0.15, -0.1) is 0 Å². The number of nitrogens with one attached hydrogen (secondary N) is 1. The van der Waals surface area contributed by atoms with Crippen LogP contribution in [0.4, 0.5) is 0 Å². The summed E-state index contributed by atoms with van der Waals surface area (Å²) in [6.45, 7) is 1.74. The number of nitrogens with zero attached hydrogens (tertiary/aromatic N) is 1. The summed E-state index contributed by atoms with van der Waals surface area (Å²) in [6, 6.07) is 4.55. The Labute approximate surface area is 103 Å². The normalized spacial score (nSPS) is 10.3. The second-order valence-electron chi connectivity index (χ2n) is 3.81. The van der Waals surface area contributed by atoms with E-state index in [4.69, 9.17) is 9.84 Å². The quantitative estimate of drug-likeness (QED) is 0.769. The Balaban J connectivity index is 2.55. The Bertz CT molecular complexity index is 604. The number of hydrogen-bond donors (Lipinski definition) is 3. The number of rotatable bonds is 3. The van der Waals surface area contributed by atoms with Crippen molar-refractivity contribution in [3.05, 3.63) is 29.5 Å². The first-order valence-electron chi connectivity index (χ1n) is 5.19. The lowest BCUT2D eigenvalue weighted by atomic mass is 10.1. The molecule has 3 N–H and O–H groups in total. The van der Waals surface area contributed by atoms with Gasteiger partial charge in [-0.05, 0) is 30.7 Å². The van der Waals surface area contributed by atoms with Crippen molar-refractivity contribution in [1.29, 1.82) is 0 Å². The van der Waals surface area contributed by atoms with Gasteiger partial charge < -0.3 is 14.9 Å². The van der Waals surface area contributed by atoms with Crippen molar-refractivity contribution in [3.8, 4) is 22.8 Å². The first kappa shape index (κ1) is 12.0. The lowest BCUT2D eigenvalue weighted by molar-refractivity contribution is 0.0690. The highest BCUT2D eigenvalue weighted by Gasteiger charge is 2.14. The van der Waals surface area contributed by atoms with E-state index in [1.165, 1.54) is 19.2 Å². The molecule has 0 bridgehead atoms. The number of aromatic nitrogens is 2. The topological polar surface area (TPSA) is 95.4 Å². The Hall–Kier alpha value is -2.50. The van der Waals surface area contributed by atoms with Gasteiger partial charge >= 0.3 is 5.97 Å². The summed E-state index contributed by atoms with van der Waals surface area (Å²) < 4.78 is 5.19. The molecule has 6 nitrogen and oxygen atoms in total. The number of aromatic carboxylic acids is 1. The van der Waals surface area contributed by atoms with Gasteiger partial charge in [0.05, 0.1) is 12.8 Å². The highest BCUT2D eigenvalue weighted by Crippen LogP contribution is 2.34. The number of aromatic hydroxyl groups is 1. The maximum absolute atomic E-state index is 10.8. The molecule has 1 heterocycles. The van der Waals surface area contributed by atoms with Crippen LogP contribution in [0.2, 0.25) is 0 Å². The van der Waals surface area contributed by atoms with Crippen molar-refractivity contribution in [3.63, 3.8) is 0 Å². The van der Waals surface area contributed by atoms with E-state index in [1.807, 2.05) is 0 Å². The zero-order chi connectivity index (χ0) is 13.3. The fourth-order valence-corrected chi connectivity index (χ4v) is 1.61. The molecule has 18 heavy (non-hydrogen) atoms. The summed E-state index contributed by atoms with van der Waals surface area (Å²) in [5.41, 5.74) is 1.58. The third-order valence-corrected chi connectivity index (χ3v) is 2.60. The van der Waals surface area contributed by atoms with Crippen LogP contribution in [0.3, 0.4) is 0 Å². The molecule has 0 aliphatic heterocycles. The number of ether oxygens (including phenoxy) is 1. The lowest BCUT2D eigenvalue weighted by Crippen LogP contribution is -1.95. The van der Waals surface area contributed by atoms with Crippen LogP contribution in [0.15, 0.2) is 18.2 Å². The van der Waals surface area contributed by atoms with Crippen molar-refractivity contribution in [1.82, 2.24) is 10.2 Å². The van der Waals surface area contributed by atoms with Gasteiger partial charge in [0.2, 0.25) is 0 Å². The number of carboxylic acid groups (broad SMARTS) is 1. The van der Waals surface area contributed by atoms with Crippen molar-refractivity contribution in [2.75, 3.05) is 7.11 Å². The summed E-state index contributed by atoms with van der Waals surface area (Å²) in [5.74, 6) is -0.469. The first-order valence-corrected chi connectivity index (χ1v) is 5.19. The maximum atomic E-state index is 10.8. The van der Waals surface area contributed by atoms with Crippen LogP contribution < -0.4 is 4.74 Å². The lowest BCUT2D eigenvalue weighted by Gasteiger charge is -2.08. The van der Waals surface area contributed by atoms with Crippen LogP contribution in [0.5, 0.6) is 11.5 Å². The number of benzene rings is 1. The summed E-state index contributed by atoms with van der Waals surface area (Å²) in [5, 5.41) is 24.8. The number of hydrogen-bond acceptors (Lipinski definition) is 4. The van der Waals surface area contributed by atoms with Crippen LogP contribution in [-0.2, 0) is 0 Å². The molecule has 6 heteroatoms. The number of aryl methyl sites for hydroxylation is 1. The van der Waals surface area contributed by atoms with E-state index < -0.39 is 5.97 Å². The molecule has 0 fully saturated rings. The van der Waals surface area contributed by atoms with Gasteiger partial charge in [-0.2, -0.15) is 5.10 Å². The zero-order valence-corrected chi connectivity index (χ0v) is 9.89. The minimum Gasteiger partial charge on any atom is -0.508 e. The molecule has 94 valence electrons. The van der Waals surface area contributed by atoms with Gasteiger partial charge in [0.25, 0.3) is 0 Å². The molecular weight excluding hydrogens is 236 g/mol. The van der Waals surface area contributed by atoms with E-state index in [2.05, 4.69) is 10.2 Å². The van der Waals surface area contributed by atoms with Gasteiger partial charge in [-0.25, -0.2) is 4.79 Å². The first-order chi connectivity index (χ1) is 8.52. The largest absolute Gasteiger partial charge is 0.508 e. The summed E-state index contributed by atoms with van der Waals surface area (Å²) >= 11 is 0. The molecule has 0 aliphatic carbocycles. The minimum absolute atomic E-state index is 0.0212. The molecule has 0 saturated carbocycles. The third kappa shape index (κ3) is 2.00. The molecule has 0 unspecified atom stereocenters. The van der Waals surface area contributed by atoms with Gasteiger partial charge in [0.1, 0.15) is 17.2 Å². The third-order valence-electron chi connectivity index (χ3n) is 2.60. The Kier molecular flexibility index (Phi) is 2.93. The van der Waals surface area contributed by atoms with E-state index in [0.29, 0.717) is 22.6 Å². The van der Waals surface area contributed by atoms with E-state index in [-0.39, 0.29) is 11.4 Å². The Morgan fingerprint density at radius 2 is 2.11 bits per heavy atom. The number of phenolic OH excluding ortho intramolecular Hbond substituents is 1. The van der Waals surface area contributed by atoms with Gasteiger partial charge in [0, 0.05) is 5.56 Å². The Morgan fingerprint density at radius 3 is 2.67 bits per heavy atom. The molecule has 0 atom stereocenters. The molecule has 0 saturated heterocycles. The van der Waals surface area contributed by atoms with Crippen molar-refractivity contribution < 1.29 is 19.7 Å². The molecule has 0 aliphatic rings. The van der Waals surface area contributed by atoms with E-state index >= 15 is 0 Å². The second kappa shape index (κ2) is 4.40. The predicted molar refractivity (Wildman–Crippen MR) is 63.9 cm³/mol. The molecule has 2 aromatic rings. The molecule has 0 radical (unpaired) electrons. The number of methoxy groups -OCH3 is 1. The van der Waals surface area contributed by atoms with Crippen LogP contribution in [-0.4, -0.2) is 33.5 Å². The SMILES string of the molecule is COc1cc(C)c(O)cc1-c1cc(C(=O)O)[nH]n1. The number of carbonyl (C=O) groups is 1. The minimum atomic E-state index is -1.09. The van der Waals surface area contributed by atoms with Crippen LogP contribution in [0.25, 0.3) is 11.3 Å². The standard InChI is InChI=1S/C12H12N2O4/c1-6-3-11(18-2)7(4-10(6)15)8-5-9(12(16)17)14-13-8/h3-5,15H,1-2H3,(H,13,14)(H,16,17). The Morgan fingerprint density at radius 1 is 1.39 bits per heavy atom. The monoisotopic (exact) mass is 248 g/mol. The maximum Gasteiger partial charge on any atom is 0.353 e. The fraction of sp³-hybridized carbons (Fsp3) is 0.167. The number of H-pyrrole nitrogens is 1. The molecule has 0 spiro atoms. The smallest absolute Gasteiger partial charge is 0.353 e. The van der Waals surface area contributed by atoms with Crippen LogP contribution >= 0.6 is 0 Å². The highest BCUT2D eigenvalue weighted by molar-refractivity contribution is 5.87. The van der Waals surface area contributed by atoms with Crippen LogP contribution in [0, 0.1) is 6.92 Å². The summed E-state index contributed by atoms with van der Waals surface area (Å²) in [6.07, 6.45) is 0. The average Bonchev–Trinajstić information content (AvgIpc) is 2.81. The number of aromatic amines is 1. The van der Waals surface area contributed by atoms with Gasteiger partial charge in [0.15, 0.2) is 0 Å². The van der Waals surface area contributed by atoms with Crippen molar-refractivity contribution >= 4 is 5.97 Å². The average molecular weight is 248 g/mol. The summed E-state index contributed by atoms with van der Waals surface area (Å²) in [7, 11) is 1.50. The number of carboxylic acids is 1. The highest BCUT2D eigenvalue weighted by atomic mass is 16.5. The molecule has 0 amide bonds. The number of phenols is 1. The van der Waals surface area contributed by atoms with Crippen molar-refractivity contribution in [2.45, 2.75) is 6.92 Å². The summed E-state index contributed by atoms with van der Waals surface area (Å²) in [4.78, 5) is 10.8. The predicted octanol–water partition coefficient (Wildman–Crippen LogP) is 1.80. The van der Waals surface area contributed by atoms with Gasteiger partial charge in [-0.3, -0.25) is 5.10 Å². The van der Waals surface area contributed by atoms with Crippen LogP contribution in [0.1, 0.15) is 16.1 Å². The van der Waals surface area contributed by atoms with Crippen molar-refractivity contribution in [2.24, 2.45) is 0 Å². The molecular formula is C12H12N2O4. The molecule has 1 aromatic carbocycles. The zero-order valence-electron chi connectivity index (χ0n) is 9.89. The second-order valence-corrected chi connectivity index (χ2v) is 3.81. The molecule has 2 rings (SSSR count). The van der Waals surface area contributed by atoms with E-state index in [0.717, 1.165) is 0 Å². The van der Waals surface area contributed by atoms with E-state index in [9.17, 15) is 9.90 Å².